The molecule has 7 nitrogen and oxygen atoms in total. The van der Waals surface area contributed by atoms with Gasteiger partial charge in [-0.15, -0.1) is 0 Å². The van der Waals surface area contributed by atoms with E-state index in [1.165, 1.54) is 11.3 Å². The number of aliphatic hydroxyl groups excluding tert-OH is 3. The molecule has 0 spiro atoms. The lowest BCUT2D eigenvalue weighted by Crippen LogP contribution is -2.58. The fourth-order valence-corrected chi connectivity index (χ4v) is 10.2. The van der Waals surface area contributed by atoms with E-state index < -0.39 is 18.1 Å². The van der Waals surface area contributed by atoms with Gasteiger partial charge in [0.2, 0.25) is 5.91 Å². The van der Waals surface area contributed by atoms with Gasteiger partial charge in [0.05, 0.1) is 18.3 Å². The largest absolute Gasteiger partial charge is 0.480 e. The van der Waals surface area contributed by atoms with Gasteiger partial charge in [-0.1, -0.05) is 20.8 Å². The van der Waals surface area contributed by atoms with Crippen LogP contribution in [0.2, 0.25) is 0 Å². The monoisotopic (exact) mass is 505 g/mol. The molecule has 4 N–H and O–H groups in total. The van der Waals surface area contributed by atoms with Crippen LogP contribution in [0.3, 0.4) is 0 Å². The first kappa shape index (κ1) is 26.4. The van der Waals surface area contributed by atoms with Crippen molar-refractivity contribution in [3.05, 3.63) is 0 Å². The maximum atomic E-state index is 12.9. The van der Waals surface area contributed by atoms with Crippen molar-refractivity contribution in [1.82, 2.24) is 4.90 Å². The molecule has 0 radical (unpaired) electrons. The summed E-state index contributed by atoms with van der Waals surface area (Å²) in [6.07, 6.45) is 8.12. The molecule has 36 heavy (non-hydrogen) atoms. The number of β-amino-alcohol motifs (C(OH)–C–C–N with tert-alkyl or cyclic N) is 1. The van der Waals surface area contributed by atoms with Crippen LogP contribution in [0, 0.1) is 46.3 Å². The van der Waals surface area contributed by atoms with Crippen LogP contribution in [-0.4, -0.2) is 68.1 Å². The first-order chi connectivity index (χ1) is 17.0. The first-order valence-electron chi connectivity index (χ1n) is 14.5. The number of amides is 1. The van der Waals surface area contributed by atoms with Crippen LogP contribution < -0.4 is 0 Å². The van der Waals surface area contributed by atoms with E-state index in [1.54, 1.807) is 0 Å². The summed E-state index contributed by atoms with van der Waals surface area (Å²) in [6.45, 7) is 7.25. The maximum Gasteiger partial charge on any atom is 0.326 e. The number of hydrogen-bond donors (Lipinski definition) is 4. The highest BCUT2D eigenvalue weighted by molar-refractivity contribution is 5.84. The van der Waals surface area contributed by atoms with Crippen LogP contribution in [0.15, 0.2) is 0 Å². The quantitative estimate of drug-likeness (QED) is 0.455. The van der Waals surface area contributed by atoms with E-state index in [4.69, 9.17) is 0 Å². The highest BCUT2D eigenvalue weighted by atomic mass is 16.4. The summed E-state index contributed by atoms with van der Waals surface area (Å²) in [6, 6.07) is -0.912. The first-order valence-corrected chi connectivity index (χ1v) is 14.5. The van der Waals surface area contributed by atoms with E-state index in [9.17, 15) is 30.0 Å². The molecule has 5 fully saturated rings. The van der Waals surface area contributed by atoms with E-state index >= 15 is 0 Å². The maximum absolute atomic E-state index is 12.9. The number of likely N-dealkylation sites (tertiary alicyclic amines) is 1. The predicted molar refractivity (Wildman–Crippen MR) is 135 cm³/mol. The van der Waals surface area contributed by atoms with Gasteiger partial charge in [-0.2, -0.15) is 0 Å². The molecule has 1 saturated heterocycles. The van der Waals surface area contributed by atoms with Crippen molar-refractivity contribution < 1.29 is 30.0 Å². The van der Waals surface area contributed by atoms with E-state index in [1.807, 2.05) is 0 Å². The average Bonchev–Trinajstić information content (AvgIpc) is 3.38. The van der Waals surface area contributed by atoms with E-state index in [-0.39, 0.29) is 41.9 Å². The van der Waals surface area contributed by atoms with Gasteiger partial charge in [0.15, 0.2) is 0 Å². The number of carbonyl (C=O) groups is 2. The van der Waals surface area contributed by atoms with E-state index in [2.05, 4.69) is 20.8 Å². The molecule has 1 unspecified atom stereocenters. The number of aliphatic hydroxyl groups is 3. The third kappa shape index (κ3) is 4.21. The van der Waals surface area contributed by atoms with E-state index in [0.29, 0.717) is 41.9 Å². The molecule has 4 saturated carbocycles. The van der Waals surface area contributed by atoms with Crippen LogP contribution in [0.1, 0.15) is 91.4 Å². The molecule has 7 heteroatoms. The predicted octanol–water partition coefficient (Wildman–Crippen LogP) is 3.44. The van der Waals surface area contributed by atoms with Crippen molar-refractivity contribution in [3.8, 4) is 0 Å². The van der Waals surface area contributed by atoms with Gasteiger partial charge in [0, 0.05) is 19.4 Å². The Morgan fingerprint density at radius 3 is 2.33 bits per heavy atom. The zero-order valence-corrected chi connectivity index (χ0v) is 22.3. The molecular formula is C29H47NO6. The molecule has 0 aromatic carbocycles. The summed E-state index contributed by atoms with van der Waals surface area (Å²) >= 11 is 0. The molecule has 1 heterocycles. The van der Waals surface area contributed by atoms with Gasteiger partial charge in [-0.05, 0) is 104 Å². The van der Waals surface area contributed by atoms with Crippen molar-refractivity contribution in [3.63, 3.8) is 0 Å². The normalized spacial score (nSPS) is 49.2. The Hall–Kier alpha value is -1.18. The number of carbonyl (C=O) groups excluding carboxylic acids is 1. The summed E-state index contributed by atoms with van der Waals surface area (Å²) < 4.78 is 0. The summed E-state index contributed by atoms with van der Waals surface area (Å²) in [5, 5.41) is 41.1. The summed E-state index contributed by atoms with van der Waals surface area (Å²) in [5.74, 6) is 1.45. The van der Waals surface area contributed by atoms with Gasteiger partial charge in [0.25, 0.3) is 0 Å². The Morgan fingerprint density at radius 1 is 0.917 bits per heavy atom. The zero-order valence-electron chi connectivity index (χ0n) is 22.3. The van der Waals surface area contributed by atoms with Gasteiger partial charge in [0.1, 0.15) is 6.04 Å². The molecule has 0 aromatic rings. The lowest BCUT2D eigenvalue weighted by molar-refractivity contribution is -0.174. The topological polar surface area (TPSA) is 118 Å². The van der Waals surface area contributed by atoms with Crippen LogP contribution in [-0.2, 0) is 9.59 Å². The highest BCUT2D eigenvalue weighted by Gasteiger charge is 2.62. The Labute approximate surface area is 215 Å². The summed E-state index contributed by atoms with van der Waals surface area (Å²) in [4.78, 5) is 25.8. The molecular weight excluding hydrogens is 458 g/mol. The molecule has 0 aromatic heterocycles. The molecule has 4 aliphatic carbocycles. The third-order valence-corrected chi connectivity index (χ3v) is 12.1. The molecule has 204 valence electrons. The standard InChI is InChI=1S/C29H47NO6/c1-16(4-7-25(34)30-15-19(32)14-23(30)27(35)36)20-5-6-21-26-22(9-11-29(20,21)3)28(2)10-8-18(31)12-17(28)13-24(26)33/h16-24,26,31-33H,4-15H2,1-3H3,(H,35,36)/t16-,17+,18-,19?,20-,21+,22+,23+,24+,26+,28+,29-/m1/s1. The SMILES string of the molecule is C[C@H](CCC(=O)N1CC(O)C[C@H]1C(=O)O)[C@H]1CC[C@H]2[C@@H]3[C@@H](O)C[C@@H]4C[C@H](O)CC[C@]4(C)[C@H]3CC[C@]12C. The Morgan fingerprint density at radius 2 is 1.61 bits per heavy atom. The van der Waals surface area contributed by atoms with Gasteiger partial charge in [-0.25, -0.2) is 4.79 Å². The minimum absolute atomic E-state index is 0.114. The Kier molecular flexibility index (Phi) is 7.00. The van der Waals surface area contributed by atoms with Crippen LogP contribution >= 0.6 is 0 Å². The van der Waals surface area contributed by atoms with Crippen molar-refractivity contribution in [2.24, 2.45) is 46.3 Å². The lowest BCUT2D eigenvalue weighted by Gasteiger charge is -2.62. The zero-order chi connectivity index (χ0) is 26.0. The lowest BCUT2D eigenvalue weighted by atomic mass is 9.43. The van der Waals surface area contributed by atoms with Gasteiger partial charge in [-0.3, -0.25) is 4.79 Å². The van der Waals surface area contributed by atoms with Gasteiger partial charge < -0.3 is 25.3 Å². The second kappa shape index (κ2) is 9.53. The molecule has 5 rings (SSSR count). The number of hydrogen-bond acceptors (Lipinski definition) is 5. The fraction of sp³-hybridized carbons (Fsp3) is 0.931. The van der Waals surface area contributed by atoms with Crippen molar-refractivity contribution in [2.75, 3.05) is 6.54 Å². The van der Waals surface area contributed by atoms with E-state index in [0.717, 1.165) is 51.4 Å². The third-order valence-electron chi connectivity index (χ3n) is 12.1. The smallest absolute Gasteiger partial charge is 0.326 e. The molecule has 0 bridgehead atoms. The summed E-state index contributed by atoms with van der Waals surface area (Å²) in [7, 11) is 0. The molecule has 12 atom stereocenters. The van der Waals surface area contributed by atoms with Crippen molar-refractivity contribution >= 4 is 11.9 Å². The van der Waals surface area contributed by atoms with Gasteiger partial charge >= 0.3 is 5.97 Å². The Balaban J connectivity index is 1.25. The van der Waals surface area contributed by atoms with Crippen LogP contribution in [0.5, 0.6) is 0 Å². The number of fused-ring (bicyclic) bond motifs is 5. The Bertz CT molecular complexity index is 865. The minimum atomic E-state index is -1.04. The second-order valence-corrected chi connectivity index (χ2v) is 13.8. The number of carboxylic acid groups (broad SMARTS) is 1. The number of aliphatic carboxylic acids is 1. The fourth-order valence-electron chi connectivity index (χ4n) is 10.2. The number of rotatable bonds is 5. The number of nitrogens with zero attached hydrogens (tertiary/aromatic N) is 1. The number of carboxylic acids is 1. The van der Waals surface area contributed by atoms with Crippen LogP contribution in [0.25, 0.3) is 0 Å². The second-order valence-electron chi connectivity index (χ2n) is 13.8. The van der Waals surface area contributed by atoms with Crippen molar-refractivity contribution in [1.29, 1.82) is 0 Å². The molecule has 1 aliphatic heterocycles. The van der Waals surface area contributed by atoms with Crippen LogP contribution in [0.4, 0.5) is 0 Å². The average molecular weight is 506 g/mol. The molecule has 5 aliphatic rings. The van der Waals surface area contributed by atoms with Crippen molar-refractivity contribution in [2.45, 2.75) is 116 Å². The highest BCUT2D eigenvalue weighted by Crippen LogP contribution is 2.68. The summed E-state index contributed by atoms with van der Waals surface area (Å²) in [5.41, 5.74) is 0.386. The molecule has 1 amide bonds. The minimum Gasteiger partial charge on any atom is -0.480 e.